The summed E-state index contributed by atoms with van der Waals surface area (Å²) >= 11 is 3.26. The van der Waals surface area contributed by atoms with Crippen LogP contribution in [-0.4, -0.2) is 11.5 Å². The zero-order valence-electron chi connectivity index (χ0n) is 6.31. The van der Waals surface area contributed by atoms with E-state index in [2.05, 4.69) is 30.9 Å². The number of rotatable bonds is 3. The highest BCUT2D eigenvalue weighted by molar-refractivity contribution is 9.10. The molecule has 12 heavy (non-hydrogen) atoms. The van der Waals surface area contributed by atoms with Gasteiger partial charge in [0.1, 0.15) is 4.60 Å². The van der Waals surface area contributed by atoms with Crippen molar-refractivity contribution in [3.63, 3.8) is 0 Å². The predicted molar refractivity (Wildman–Crippen MR) is 49.7 cm³/mol. The first-order valence-corrected chi connectivity index (χ1v) is 4.24. The molecule has 0 saturated carbocycles. The van der Waals surface area contributed by atoms with Crippen molar-refractivity contribution in [2.45, 2.75) is 6.42 Å². The van der Waals surface area contributed by atoms with Gasteiger partial charge in [-0.15, -0.1) is 0 Å². The Balaban J connectivity index is 2.57. The fourth-order valence-corrected chi connectivity index (χ4v) is 1.18. The highest BCUT2D eigenvalue weighted by Crippen LogP contribution is 2.06. The molecular weight excluding hydrogens is 220 g/mol. The second kappa shape index (κ2) is 4.74. The van der Waals surface area contributed by atoms with E-state index < -0.39 is 0 Å². The van der Waals surface area contributed by atoms with Gasteiger partial charge in [-0.3, -0.25) is 0 Å². The zero-order chi connectivity index (χ0) is 8.81. The Labute approximate surface area is 78.4 Å². The van der Waals surface area contributed by atoms with Gasteiger partial charge in [0, 0.05) is 17.2 Å². The lowest BCUT2D eigenvalue weighted by Gasteiger charge is -1.96. The maximum Gasteiger partial charge on any atom is 0.106 e. The number of pyridine rings is 1. The molecule has 0 atom stereocenters. The fraction of sp³-hybridized carbons (Fsp3) is 0.286. The van der Waals surface area contributed by atoms with Crippen molar-refractivity contribution in [2.24, 2.45) is 5.11 Å². The van der Waals surface area contributed by atoms with Crippen molar-refractivity contribution in [3.8, 4) is 0 Å². The van der Waals surface area contributed by atoms with Crippen LogP contribution in [0.3, 0.4) is 0 Å². The monoisotopic (exact) mass is 226 g/mol. The molecule has 1 rings (SSSR count). The van der Waals surface area contributed by atoms with Crippen molar-refractivity contribution in [3.05, 3.63) is 38.9 Å². The highest BCUT2D eigenvalue weighted by Gasteiger charge is 1.93. The van der Waals surface area contributed by atoms with Gasteiger partial charge in [-0.25, -0.2) is 4.98 Å². The van der Waals surface area contributed by atoms with Crippen LogP contribution in [0.25, 0.3) is 10.4 Å². The van der Waals surface area contributed by atoms with Gasteiger partial charge in [0.15, 0.2) is 0 Å². The van der Waals surface area contributed by atoms with Crippen LogP contribution < -0.4 is 0 Å². The van der Waals surface area contributed by atoms with E-state index in [1.54, 1.807) is 0 Å². The minimum Gasteiger partial charge on any atom is -0.246 e. The summed E-state index contributed by atoms with van der Waals surface area (Å²) in [4.78, 5) is 6.84. The van der Waals surface area contributed by atoms with Gasteiger partial charge >= 0.3 is 0 Å². The Bertz CT molecular complexity index is 306. The van der Waals surface area contributed by atoms with Crippen molar-refractivity contribution >= 4 is 15.9 Å². The van der Waals surface area contributed by atoms with Gasteiger partial charge in [0.2, 0.25) is 0 Å². The minimum absolute atomic E-state index is 0.458. The van der Waals surface area contributed by atoms with E-state index in [0.29, 0.717) is 13.0 Å². The van der Waals surface area contributed by atoms with Crippen molar-refractivity contribution < 1.29 is 0 Å². The van der Waals surface area contributed by atoms with Crippen LogP contribution in [-0.2, 0) is 6.42 Å². The van der Waals surface area contributed by atoms with Crippen molar-refractivity contribution in [1.29, 1.82) is 0 Å². The summed E-state index contributed by atoms with van der Waals surface area (Å²) in [6.45, 7) is 0.458. The average molecular weight is 227 g/mol. The molecule has 0 aromatic carbocycles. The third-order valence-corrected chi connectivity index (χ3v) is 1.75. The summed E-state index contributed by atoms with van der Waals surface area (Å²) in [5.74, 6) is 0. The van der Waals surface area contributed by atoms with Crippen molar-refractivity contribution in [2.75, 3.05) is 6.54 Å². The van der Waals surface area contributed by atoms with Crippen molar-refractivity contribution in [1.82, 2.24) is 4.98 Å². The molecule has 4 nitrogen and oxygen atoms in total. The molecule has 0 fully saturated rings. The van der Waals surface area contributed by atoms with Gasteiger partial charge in [0.05, 0.1) is 0 Å². The van der Waals surface area contributed by atoms with Gasteiger partial charge in [-0.05, 0) is 40.0 Å². The Kier molecular flexibility index (Phi) is 3.57. The highest BCUT2D eigenvalue weighted by atomic mass is 79.9. The first-order valence-electron chi connectivity index (χ1n) is 3.45. The molecule has 0 spiro atoms. The van der Waals surface area contributed by atoms with E-state index in [9.17, 15) is 0 Å². The molecule has 0 saturated heterocycles. The summed E-state index contributed by atoms with van der Waals surface area (Å²) in [7, 11) is 0. The van der Waals surface area contributed by atoms with Crippen LogP contribution in [0.5, 0.6) is 0 Å². The third kappa shape index (κ3) is 2.90. The topological polar surface area (TPSA) is 61.7 Å². The molecule has 0 bridgehead atoms. The van der Waals surface area contributed by atoms with Gasteiger partial charge < -0.3 is 0 Å². The van der Waals surface area contributed by atoms with Crippen LogP contribution in [0.4, 0.5) is 0 Å². The zero-order valence-corrected chi connectivity index (χ0v) is 7.90. The van der Waals surface area contributed by atoms with E-state index in [4.69, 9.17) is 5.53 Å². The Hall–Kier alpha value is -1.06. The molecule has 0 aliphatic carbocycles. The normalized spacial score (nSPS) is 9.08. The van der Waals surface area contributed by atoms with Gasteiger partial charge in [0.25, 0.3) is 0 Å². The standard InChI is InChI=1S/C7H7BrN4/c8-7-3-1-2-6(11-7)4-5-10-12-9/h1-3H,4-5H2. The third-order valence-electron chi connectivity index (χ3n) is 1.30. The summed E-state index contributed by atoms with van der Waals surface area (Å²) in [6.07, 6.45) is 0.684. The van der Waals surface area contributed by atoms with Crippen LogP contribution in [0.2, 0.25) is 0 Å². The van der Waals surface area contributed by atoms with Crippen LogP contribution in [0, 0.1) is 0 Å². The number of nitrogens with zero attached hydrogens (tertiary/aromatic N) is 4. The van der Waals surface area contributed by atoms with Crippen LogP contribution >= 0.6 is 15.9 Å². The smallest absolute Gasteiger partial charge is 0.106 e. The van der Waals surface area contributed by atoms with E-state index in [0.717, 1.165) is 10.3 Å². The first kappa shape index (κ1) is 9.03. The molecular formula is C7H7BrN4. The quantitative estimate of drug-likeness (QED) is 0.339. The van der Waals surface area contributed by atoms with E-state index in [1.807, 2.05) is 18.2 Å². The number of azide groups is 1. The second-order valence-electron chi connectivity index (χ2n) is 2.16. The minimum atomic E-state index is 0.458. The molecule has 1 heterocycles. The fourth-order valence-electron chi connectivity index (χ4n) is 0.799. The molecule has 0 aliphatic heterocycles. The Morgan fingerprint density at radius 2 is 2.42 bits per heavy atom. The summed E-state index contributed by atoms with van der Waals surface area (Å²) < 4.78 is 0.806. The molecule has 0 N–H and O–H groups in total. The Morgan fingerprint density at radius 3 is 3.08 bits per heavy atom. The lowest BCUT2D eigenvalue weighted by atomic mass is 10.3. The lowest BCUT2D eigenvalue weighted by molar-refractivity contribution is 0.909. The van der Waals surface area contributed by atoms with E-state index in [1.165, 1.54) is 0 Å². The SMILES string of the molecule is [N-]=[N+]=NCCc1cccc(Br)n1. The van der Waals surface area contributed by atoms with Crippen LogP contribution in [0.1, 0.15) is 5.69 Å². The molecule has 62 valence electrons. The first-order chi connectivity index (χ1) is 5.83. The second-order valence-corrected chi connectivity index (χ2v) is 2.97. The van der Waals surface area contributed by atoms with Gasteiger partial charge in [-0.2, -0.15) is 0 Å². The predicted octanol–water partition coefficient (Wildman–Crippen LogP) is 2.70. The number of hydrogen-bond acceptors (Lipinski definition) is 2. The van der Waals surface area contributed by atoms with Crippen LogP contribution in [0.15, 0.2) is 27.9 Å². The number of aromatic nitrogens is 1. The largest absolute Gasteiger partial charge is 0.246 e. The molecule has 0 amide bonds. The lowest BCUT2D eigenvalue weighted by Crippen LogP contribution is -1.92. The molecule has 0 radical (unpaired) electrons. The molecule has 1 aromatic heterocycles. The summed E-state index contributed by atoms with van der Waals surface area (Å²) in [5.41, 5.74) is 8.96. The van der Waals surface area contributed by atoms with Gasteiger partial charge in [-0.1, -0.05) is 11.2 Å². The summed E-state index contributed by atoms with van der Waals surface area (Å²) in [6, 6.07) is 5.66. The maximum absolute atomic E-state index is 8.03. The van der Waals surface area contributed by atoms with E-state index in [-0.39, 0.29) is 0 Å². The molecule has 5 heteroatoms. The van der Waals surface area contributed by atoms with E-state index >= 15 is 0 Å². The summed E-state index contributed by atoms with van der Waals surface area (Å²) in [5, 5.41) is 3.42. The molecule has 0 unspecified atom stereocenters. The number of hydrogen-bond donors (Lipinski definition) is 0. The molecule has 0 aliphatic rings. The maximum atomic E-state index is 8.03. The molecule has 1 aromatic rings. The number of halogens is 1. The Morgan fingerprint density at radius 1 is 1.58 bits per heavy atom. The average Bonchev–Trinajstić information content (AvgIpc) is 2.05.